The first kappa shape index (κ1) is 21.8. The number of aliphatic hydroxyl groups excluding tert-OH is 1. The number of nitrogens with zero attached hydrogens (tertiary/aromatic N) is 1. The molecule has 31 heavy (non-hydrogen) atoms. The van der Waals surface area contributed by atoms with Gasteiger partial charge in [0.25, 0.3) is 5.91 Å². The molecule has 0 unspecified atom stereocenters. The maximum atomic E-state index is 13.0. The van der Waals surface area contributed by atoms with Gasteiger partial charge < -0.3 is 24.9 Å². The Kier molecular flexibility index (Phi) is 7.25. The first-order chi connectivity index (χ1) is 15.2. The fourth-order valence-electron chi connectivity index (χ4n) is 5.01. The maximum Gasteiger partial charge on any atom is 0.286 e. The topological polar surface area (TPSA) is 96.5 Å². The number of ether oxygens (including phenoxy) is 2. The molecule has 2 heterocycles. The highest BCUT2D eigenvalue weighted by molar-refractivity contribution is 5.91. The van der Waals surface area contributed by atoms with Gasteiger partial charge in [-0.05, 0) is 62.7 Å². The van der Waals surface area contributed by atoms with Crippen LogP contribution in [0.3, 0.4) is 0 Å². The Morgan fingerprint density at radius 2 is 2.13 bits per heavy atom. The first-order valence-electron chi connectivity index (χ1n) is 11.5. The SMILES string of the molecule is CCO[C@H]1OC(C(=O)NCc2nc3ccccc3[nH]2)=C[C@@H](C2CCCC2)[C@H]1CCCO. The number of H-pyrrole nitrogens is 1. The normalized spacial score (nSPS) is 24.2. The monoisotopic (exact) mass is 427 g/mol. The summed E-state index contributed by atoms with van der Waals surface area (Å²) in [6.45, 7) is 2.92. The van der Waals surface area contributed by atoms with E-state index in [1.54, 1.807) is 0 Å². The number of amides is 1. The smallest absolute Gasteiger partial charge is 0.286 e. The van der Waals surface area contributed by atoms with E-state index in [1.807, 2.05) is 37.3 Å². The van der Waals surface area contributed by atoms with E-state index < -0.39 is 6.29 Å². The third-order valence-corrected chi connectivity index (χ3v) is 6.48. The van der Waals surface area contributed by atoms with Crippen molar-refractivity contribution in [2.45, 2.75) is 58.3 Å². The summed E-state index contributed by atoms with van der Waals surface area (Å²) in [7, 11) is 0. The van der Waals surface area contributed by atoms with Crippen LogP contribution in [0.15, 0.2) is 36.1 Å². The quantitative estimate of drug-likeness (QED) is 0.568. The first-order valence-corrected chi connectivity index (χ1v) is 11.5. The van der Waals surface area contributed by atoms with Gasteiger partial charge in [-0.1, -0.05) is 25.0 Å². The van der Waals surface area contributed by atoms with Gasteiger partial charge in [-0.25, -0.2) is 4.98 Å². The average Bonchev–Trinajstić information content (AvgIpc) is 3.46. The van der Waals surface area contributed by atoms with Gasteiger partial charge in [-0.3, -0.25) is 4.79 Å². The molecular weight excluding hydrogens is 394 g/mol. The van der Waals surface area contributed by atoms with E-state index in [9.17, 15) is 9.90 Å². The fraction of sp³-hybridized carbons (Fsp3) is 0.583. The van der Waals surface area contributed by atoms with Crippen LogP contribution in [0.1, 0.15) is 51.3 Å². The van der Waals surface area contributed by atoms with Crippen LogP contribution in [0.25, 0.3) is 11.0 Å². The summed E-state index contributed by atoms with van der Waals surface area (Å²) in [5.74, 6) is 1.73. The lowest BCUT2D eigenvalue weighted by Gasteiger charge is -2.39. The molecule has 3 atom stereocenters. The molecule has 2 aromatic rings. The second-order valence-electron chi connectivity index (χ2n) is 8.51. The van der Waals surface area contributed by atoms with Crippen molar-refractivity contribution >= 4 is 16.9 Å². The van der Waals surface area contributed by atoms with Gasteiger partial charge in [0.15, 0.2) is 5.76 Å². The van der Waals surface area contributed by atoms with Gasteiger partial charge in [-0.15, -0.1) is 0 Å². The lowest BCUT2D eigenvalue weighted by molar-refractivity contribution is -0.176. The van der Waals surface area contributed by atoms with Crippen LogP contribution < -0.4 is 5.32 Å². The van der Waals surface area contributed by atoms with E-state index in [0.29, 0.717) is 37.1 Å². The zero-order valence-corrected chi connectivity index (χ0v) is 18.2. The van der Waals surface area contributed by atoms with E-state index in [4.69, 9.17) is 9.47 Å². The van der Waals surface area contributed by atoms with Crippen LogP contribution in [0.2, 0.25) is 0 Å². The summed E-state index contributed by atoms with van der Waals surface area (Å²) in [6.07, 6.45) is 7.90. The molecule has 1 aromatic heterocycles. The molecule has 0 spiro atoms. The number of aliphatic hydroxyl groups is 1. The molecule has 1 amide bonds. The van der Waals surface area contributed by atoms with Gasteiger partial charge in [-0.2, -0.15) is 0 Å². The standard InChI is InChI=1S/C24H33N3O4/c1-2-30-24-17(10-7-13-28)18(16-8-3-4-9-16)14-21(31-24)23(29)25-15-22-26-19-11-5-6-12-20(19)27-22/h5-6,11-12,14,16-18,24,28H,2-4,7-10,13,15H2,1H3,(H,25,29)(H,26,27)/t17-,18+,24+/m1/s1. The molecule has 0 bridgehead atoms. The van der Waals surface area contributed by atoms with Crippen molar-refractivity contribution in [1.29, 1.82) is 0 Å². The third-order valence-electron chi connectivity index (χ3n) is 6.48. The third kappa shape index (κ3) is 5.10. The van der Waals surface area contributed by atoms with Crippen molar-refractivity contribution in [2.24, 2.45) is 17.8 Å². The Balaban J connectivity index is 1.49. The van der Waals surface area contributed by atoms with E-state index in [2.05, 4.69) is 15.3 Å². The Bertz CT molecular complexity index is 870. The van der Waals surface area contributed by atoms with Crippen LogP contribution >= 0.6 is 0 Å². The van der Waals surface area contributed by atoms with Crippen molar-refractivity contribution < 1.29 is 19.4 Å². The number of hydrogen-bond acceptors (Lipinski definition) is 5. The second-order valence-corrected chi connectivity index (χ2v) is 8.51. The molecule has 1 aliphatic carbocycles. The molecule has 1 aliphatic heterocycles. The van der Waals surface area contributed by atoms with Gasteiger partial charge in [0.05, 0.1) is 17.6 Å². The molecule has 3 N–H and O–H groups in total. The number of benzene rings is 1. The summed E-state index contributed by atoms with van der Waals surface area (Å²) < 4.78 is 12.0. The molecule has 1 aromatic carbocycles. The number of hydrogen-bond donors (Lipinski definition) is 3. The second kappa shape index (κ2) is 10.3. The van der Waals surface area contributed by atoms with Gasteiger partial charge in [0, 0.05) is 19.1 Å². The Hall–Kier alpha value is -2.38. The largest absolute Gasteiger partial charge is 0.459 e. The molecule has 1 saturated carbocycles. The zero-order valence-electron chi connectivity index (χ0n) is 18.2. The van der Waals surface area contributed by atoms with Crippen LogP contribution in [0, 0.1) is 17.8 Å². The van der Waals surface area contributed by atoms with Crippen LogP contribution in [0.4, 0.5) is 0 Å². The predicted molar refractivity (Wildman–Crippen MR) is 118 cm³/mol. The Morgan fingerprint density at radius 1 is 1.32 bits per heavy atom. The number of aromatic nitrogens is 2. The average molecular weight is 428 g/mol. The Morgan fingerprint density at radius 3 is 2.87 bits per heavy atom. The predicted octanol–water partition coefficient (Wildman–Crippen LogP) is 3.65. The maximum absolute atomic E-state index is 13.0. The van der Waals surface area contributed by atoms with Crippen LogP contribution in [0.5, 0.6) is 0 Å². The van der Waals surface area contributed by atoms with Crippen LogP contribution in [-0.2, 0) is 20.8 Å². The highest BCUT2D eigenvalue weighted by Gasteiger charge is 2.41. The highest BCUT2D eigenvalue weighted by atomic mass is 16.7. The molecule has 0 radical (unpaired) electrons. The van der Waals surface area contributed by atoms with E-state index >= 15 is 0 Å². The summed E-state index contributed by atoms with van der Waals surface area (Å²) >= 11 is 0. The van der Waals surface area contributed by atoms with Gasteiger partial charge in [0.1, 0.15) is 5.82 Å². The molecule has 168 valence electrons. The number of rotatable bonds is 9. The van der Waals surface area contributed by atoms with E-state index in [0.717, 1.165) is 17.5 Å². The van der Waals surface area contributed by atoms with Gasteiger partial charge in [0.2, 0.25) is 6.29 Å². The number of nitrogens with one attached hydrogen (secondary N) is 2. The molecule has 7 heteroatoms. The summed E-state index contributed by atoms with van der Waals surface area (Å²) in [4.78, 5) is 20.7. The molecule has 1 fully saturated rings. The number of carbonyl (C=O) groups is 1. The molecule has 7 nitrogen and oxygen atoms in total. The van der Waals surface area contributed by atoms with Crippen molar-refractivity contribution in [3.05, 3.63) is 41.9 Å². The lowest BCUT2D eigenvalue weighted by Crippen LogP contribution is -2.41. The minimum absolute atomic E-state index is 0.154. The lowest BCUT2D eigenvalue weighted by atomic mass is 9.76. The van der Waals surface area contributed by atoms with Crippen molar-refractivity contribution in [2.75, 3.05) is 13.2 Å². The van der Waals surface area contributed by atoms with Crippen molar-refractivity contribution in [1.82, 2.24) is 15.3 Å². The van der Waals surface area contributed by atoms with Gasteiger partial charge >= 0.3 is 0 Å². The number of carbonyl (C=O) groups excluding carboxylic acids is 1. The highest BCUT2D eigenvalue weighted by Crippen LogP contribution is 2.43. The fourth-order valence-corrected chi connectivity index (χ4v) is 5.01. The minimum atomic E-state index is -0.459. The molecular formula is C24H33N3O4. The van der Waals surface area contributed by atoms with Crippen molar-refractivity contribution in [3.8, 4) is 0 Å². The number of para-hydroxylation sites is 2. The summed E-state index contributed by atoms with van der Waals surface area (Å²) in [5.41, 5.74) is 1.83. The number of fused-ring (bicyclic) bond motifs is 1. The minimum Gasteiger partial charge on any atom is -0.459 e. The van der Waals surface area contributed by atoms with E-state index in [1.165, 1.54) is 25.7 Å². The number of allylic oxidation sites excluding steroid dienone is 1. The summed E-state index contributed by atoms with van der Waals surface area (Å²) in [6, 6.07) is 7.80. The number of imidazole rings is 1. The zero-order chi connectivity index (χ0) is 21.6. The number of aromatic amines is 1. The van der Waals surface area contributed by atoms with Crippen molar-refractivity contribution in [3.63, 3.8) is 0 Å². The molecule has 2 aliphatic rings. The molecule has 0 saturated heterocycles. The Labute approximate surface area is 183 Å². The van der Waals surface area contributed by atoms with E-state index in [-0.39, 0.29) is 24.3 Å². The summed E-state index contributed by atoms with van der Waals surface area (Å²) in [5, 5.41) is 12.3. The molecule has 4 rings (SSSR count). The van der Waals surface area contributed by atoms with Crippen LogP contribution in [-0.4, -0.2) is 40.5 Å².